The van der Waals surface area contributed by atoms with Gasteiger partial charge in [0.05, 0.1) is 5.75 Å². The average molecular weight is 372 g/mol. The highest BCUT2D eigenvalue weighted by molar-refractivity contribution is 7.99. The van der Waals surface area contributed by atoms with Crippen LogP contribution in [0.25, 0.3) is 0 Å². The van der Waals surface area contributed by atoms with E-state index in [-0.39, 0.29) is 5.91 Å². The summed E-state index contributed by atoms with van der Waals surface area (Å²) in [4.78, 5) is 14.7. The van der Waals surface area contributed by atoms with Crippen molar-refractivity contribution in [2.24, 2.45) is 0 Å². The second-order valence-corrected chi connectivity index (χ2v) is 8.05. The monoisotopic (exact) mass is 371 g/mol. The number of rotatable bonds is 4. The van der Waals surface area contributed by atoms with Gasteiger partial charge in [0.1, 0.15) is 0 Å². The van der Waals surface area contributed by atoms with Crippen LogP contribution in [-0.4, -0.2) is 33.1 Å². The number of thioether (sulfide) groups is 1. The Morgan fingerprint density at radius 2 is 1.96 bits per heavy atom. The first-order chi connectivity index (χ1) is 12.7. The maximum atomic E-state index is 12.8. The molecule has 0 radical (unpaired) electrons. The number of nitrogen functional groups attached to an aromatic ring is 1. The fraction of sp³-hybridized carbons (Fsp3) is 0.526. The number of amides is 1. The molecule has 1 fully saturated rings. The fourth-order valence-corrected chi connectivity index (χ4v) is 4.76. The van der Waals surface area contributed by atoms with E-state index < -0.39 is 0 Å². The first-order valence-corrected chi connectivity index (χ1v) is 10.4. The molecule has 2 heterocycles. The van der Waals surface area contributed by atoms with Gasteiger partial charge in [-0.05, 0) is 37.3 Å². The highest BCUT2D eigenvalue weighted by Gasteiger charge is 2.25. The molecule has 0 saturated heterocycles. The third kappa shape index (κ3) is 3.45. The van der Waals surface area contributed by atoms with E-state index in [0.717, 1.165) is 43.7 Å². The van der Waals surface area contributed by atoms with E-state index in [2.05, 4.69) is 16.3 Å². The molecule has 2 aromatic rings. The van der Waals surface area contributed by atoms with Crippen molar-refractivity contribution in [1.82, 2.24) is 14.9 Å². The van der Waals surface area contributed by atoms with E-state index in [4.69, 9.17) is 5.84 Å². The quantitative estimate of drug-likeness (QED) is 0.660. The van der Waals surface area contributed by atoms with Gasteiger partial charge in [-0.3, -0.25) is 4.79 Å². The van der Waals surface area contributed by atoms with Crippen molar-refractivity contribution in [3.8, 4) is 0 Å². The van der Waals surface area contributed by atoms with Crippen molar-refractivity contribution in [3.05, 3.63) is 35.7 Å². The molecule has 1 amide bonds. The largest absolute Gasteiger partial charge is 0.336 e. The molecule has 0 bridgehead atoms. The van der Waals surface area contributed by atoms with Gasteiger partial charge in [0.2, 0.25) is 11.1 Å². The van der Waals surface area contributed by atoms with Crippen LogP contribution < -0.4 is 10.7 Å². The lowest BCUT2D eigenvalue weighted by Gasteiger charge is -2.29. The summed E-state index contributed by atoms with van der Waals surface area (Å²) in [5.74, 6) is 7.92. The van der Waals surface area contributed by atoms with Gasteiger partial charge in [-0.1, -0.05) is 49.2 Å². The Bertz CT molecular complexity index is 784. The summed E-state index contributed by atoms with van der Waals surface area (Å²) in [6.07, 6.45) is 8.05. The summed E-state index contributed by atoms with van der Waals surface area (Å²) >= 11 is 1.38. The number of nitrogens with two attached hydrogens (primary N) is 1. The predicted octanol–water partition coefficient (Wildman–Crippen LogP) is 3.11. The summed E-state index contributed by atoms with van der Waals surface area (Å²) in [7, 11) is 0. The lowest BCUT2D eigenvalue weighted by Crippen LogP contribution is -2.36. The van der Waals surface area contributed by atoms with E-state index in [9.17, 15) is 4.79 Å². The number of benzene rings is 1. The van der Waals surface area contributed by atoms with Crippen molar-refractivity contribution in [1.29, 1.82) is 0 Å². The number of aryl methyl sites for hydroxylation is 1. The van der Waals surface area contributed by atoms with Crippen LogP contribution in [0.2, 0.25) is 0 Å². The minimum absolute atomic E-state index is 0.101. The van der Waals surface area contributed by atoms with Crippen LogP contribution >= 0.6 is 11.8 Å². The van der Waals surface area contributed by atoms with Gasteiger partial charge < -0.3 is 10.7 Å². The zero-order valence-electron chi connectivity index (χ0n) is 14.9. The number of nitrogens with zero attached hydrogens (tertiary/aromatic N) is 4. The highest BCUT2D eigenvalue weighted by atomic mass is 32.2. The maximum absolute atomic E-state index is 12.8. The molecule has 2 aliphatic rings. The topological polar surface area (TPSA) is 77.0 Å². The zero-order chi connectivity index (χ0) is 17.9. The molecule has 26 heavy (non-hydrogen) atoms. The SMILES string of the molecule is Nn1c(SCC(=O)N2CCCc3ccccc32)nnc1C1CCCCC1. The van der Waals surface area contributed by atoms with Gasteiger partial charge in [0, 0.05) is 18.2 Å². The number of hydrogen-bond acceptors (Lipinski definition) is 5. The summed E-state index contributed by atoms with van der Waals surface area (Å²) < 4.78 is 1.60. The first-order valence-electron chi connectivity index (χ1n) is 9.45. The van der Waals surface area contributed by atoms with Gasteiger partial charge >= 0.3 is 0 Å². The van der Waals surface area contributed by atoms with Gasteiger partial charge in [0.15, 0.2) is 5.82 Å². The minimum atomic E-state index is 0.101. The molecule has 138 valence electrons. The Morgan fingerprint density at radius 3 is 2.81 bits per heavy atom. The van der Waals surface area contributed by atoms with Crippen molar-refractivity contribution in [2.45, 2.75) is 56.0 Å². The normalized spacial score (nSPS) is 17.9. The lowest BCUT2D eigenvalue weighted by atomic mass is 9.89. The van der Waals surface area contributed by atoms with Crippen molar-refractivity contribution in [3.63, 3.8) is 0 Å². The van der Waals surface area contributed by atoms with E-state index in [1.54, 1.807) is 4.68 Å². The maximum Gasteiger partial charge on any atom is 0.237 e. The smallest absolute Gasteiger partial charge is 0.237 e. The number of hydrogen-bond donors (Lipinski definition) is 1. The molecule has 0 unspecified atom stereocenters. The summed E-state index contributed by atoms with van der Waals surface area (Å²) in [6, 6.07) is 8.16. The van der Waals surface area contributed by atoms with Gasteiger partial charge in [0.25, 0.3) is 0 Å². The predicted molar refractivity (Wildman–Crippen MR) is 104 cm³/mol. The summed E-state index contributed by atoms with van der Waals surface area (Å²) in [5.41, 5.74) is 2.29. The van der Waals surface area contributed by atoms with Gasteiger partial charge in [-0.25, -0.2) is 4.68 Å². The second kappa shape index (κ2) is 7.70. The van der Waals surface area contributed by atoms with E-state index in [1.807, 2.05) is 23.1 Å². The molecule has 4 rings (SSSR count). The minimum Gasteiger partial charge on any atom is -0.336 e. The Kier molecular flexibility index (Phi) is 5.15. The molecular weight excluding hydrogens is 346 g/mol. The Balaban J connectivity index is 1.42. The van der Waals surface area contributed by atoms with Gasteiger partial charge in [-0.2, -0.15) is 0 Å². The van der Waals surface area contributed by atoms with Crippen LogP contribution in [0.15, 0.2) is 29.4 Å². The summed E-state index contributed by atoms with van der Waals surface area (Å²) in [6.45, 7) is 0.777. The molecule has 0 atom stereocenters. The Hall–Kier alpha value is -2.02. The second-order valence-electron chi connectivity index (χ2n) is 7.11. The molecule has 7 heteroatoms. The number of carbonyl (C=O) groups excluding carboxylic acids is 1. The number of carbonyl (C=O) groups is 1. The third-order valence-electron chi connectivity index (χ3n) is 5.40. The molecule has 1 saturated carbocycles. The van der Waals surface area contributed by atoms with Crippen LogP contribution in [0.3, 0.4) is 0 Å². The molecule has 6 nitrogen and oxygen atoms in total. The van der Waals surface area contributed by atoms with E-state index in [1.165, 1.54) is 36.6 Å². The molecular formula is C19H25N5OS. The molecule has 1 aromatic heterocycles. The molecule has 1 aliphatic carbocycles. The Labute approximate surface area is 158 Å². The van der Waals surface area contributed by atoms with E-state index >= 15 is 0 Å². The van der Waals surface area contributed by atoms with Crippen molar-refractivity contribution >= 4 is 23.4 Å². The van der Waals surface area contributed by atoms with E-state index in [0.29, 0.717) is 16.8 Å². The van der Waals surface area contributed by atoms with Crippen LogP contribution in [0, 0.1) is 0 Å². The third-order valence-corrected chi connectivity index (χ3v) is 6.33. The van der Waals surface area contributed by atoms with Crippen molar-refractivity contribution in [2.75, 3.05) is 23.0 Å². The number of anilines is 1. The van der Waals surface area contributed by atoms with Crippen LogP contribution in [0.1, 0.15) is 55.8 Å². The zero-order valence-corrected chi connectivity index (χ0v) is 15.7. The number of fused-ring (bicyclic) bond motifs is 1. The molecule has 1 aliphatic heterocycles. The highest BCUT2D eigenvalue weighted by Crippen LogP contribution is 2.32. The molecule has 1 aromatic carbocycles. The summed E-state index contributed by atoms with van der Waals surface area (Å²) in [5, 5.41) is 9.17. The first kappa shape index (κ1) is 17.4. The fourth-order valence-electron chi connectivity index (χ4n) is 4.02. The number of para-hydroxylation sites is 1. The molecule has 0 spiro atoms. The van der Waals surface area contributed by atoms with Crippen LogP contribution in [0.5, 0.6) is 0 Å². The van der Waals surface area contributed by atoms with Gasteiger partial charge in [-0.15, -0.1) is 10.2 Å². The average Bonchev–Trinajstić information content (AvgIpc) is 3.07. The molecule has 2 N–H and O–H groups in total. The standard InChI is InChI=1S/C19H25N5OS/c20-24-18(15-8-2-1-3-9-15)21-22-19(24)26-13-17(25)23-12-6-10-14-7-4-5-11-16(14)23/h4-5,7,11,15H,1-3,6,8-10,12-13,20H2. The van der Waals surface area contributed by atoms with Crippen molar-refractivity contribution < 1.29 is 4.79 Å². The van der Waals surface area contributed by atoms with Crippen LogP contribution in [0.4, 0.5) is 5.69 Å². The lowest BCUT2D eigenvalue weighted by molar-refractivity contribution is -0.116. The number of aromatic nitrogens is 3. The van der Waals surface area contributed by atoms with Crippen LogP contribution in [-0.2, 0) is 11.2 Å². The Morgan fingerprint density at radius 1 is 1.15 bits per heavy atom.